The highest BCUT2D eigenvalue weighted by atomic mass is 16.6. The van der Waals surface area contributed by atoms with Crippen molar-refractivity contribution in [2.45, 2.75) is 65.4 Å². The van der Waals surface area contributed by atoms with E-state index in [1.54, 1.807) is 6.92 Å². The minimum atomic E-state index is -0.435. The van der Waals surface area contributed by atoms with Crippen LogP contribution in [0.25, 0.3) is 22.3 Å². The van der Waals surface area contributed by atoms with Crippen molar-refractivity contribution in [3.8, 4) is 28.0 Å². The van der Waals surface area contributed by atoms with E-state index >= 15 is 0 Å². The fourth-order valence-corrected chi connectivity index (χ4v) is 5.28. The second kappa shape index (κ2) is 12.9. The Bertz CT molecular complexity index is 1250. The predicted molar refractivity (Wildman–Crippen MR) is 154 cm³/mol. The maximum atomic E-state index is 11.6. The van der Waals surface area contributed by atoms with Crippen LogP contribution in [0.5, 0.6) is 5.75 Å². The first-order chi connectivity index (χ1) is 18.4. The summed E-state index contributed by atoms with van der Waals surface area (Å²) < 4.78 is 11.0. The maximum absolute atomic E-state index is 11.6. The Balaban J connectivity index is 1.50. The number of ether oxygens (including phenoxy) is 2. The number of hydrogen-bond acceptors (Lipinski definition) is 4. The average Bonchev–Trinajstić information content (AvgIpc) is 2.95. The molecule has 3 aromatic carbocycles. The van der Waals surface area contributed by atoms with Gasteiger partial charge < -0.3 is 14.6 Å². The molecule has 0 amide bonds. The Labute approximate surface area is 227 Å². The number of carbonyl (C=O) groups is 1. The molecule has 0 aliphatic heterocycles. The summed E-state index contributed by atoms with van der Waals surface area (Å²) in [4.78, 5) is 11.6. The monoisotopic (exact) mass is 512 g/mol. The Morgan fingerprint density at radius 3 is 2.24 bits per heavy atom. The molecule has 0 bridgehead atoms. The molecule has 4 nitrogen and oxygen atoms in total. The second-order valence-corrected chi connectivity index (χ2v) is 10.5. The van der Waals surface area contributed by atoms with E-state index in [1.165, 1.54) is 47.9 Å². The molecule has 0 atom stereocenters. The van der Waals surface area contributed by atoms with Crippen LogP contribution >= 0.6 is 0 Å². The lowest BCUT2D eigenvalue weighted by atomic mass is 9.79. The average molecular weight is 513 g/mol. The topological polar surface area (TPSA) is 55.8 Å². The quantitative estimate of drug-likeness (QED) is 0.171. The summed E-state index contributed by atoms with van der Waals surface area (Å²) >= 11 is 0. The molecule has 1 aliphatic carbocycles. The first-order valence-corrected chi connectivity index (χ1v) is 13.8. The smallest absolute Gasteiger partial charge is 0.333 e. The molecule has 0 heterocycles. The van der Waals surface area contributed by atoms with Crippen LogP contribution in [-0.2, 0) is 22.6 Å². The van der Waals surface area contributed by atoms with E-state index < -0.39 is 5.97 Å². The van der Waals surface area contributed by atoms with E-state index in [9.17, 15) is 9.90 Å². The van der Waals surface area contributed by atoms with E-state index in [0.717, 1.165) is 23.5 Å². The number of carbonyl (C=O) groups excluding carboxylic acids is 1. The molecule has 200 valence electrons. The van der Waals surface area contributed by atoms with Crippen LogP contribution in [0.3, 0.4) is 0 Å². The molecule has 0 unspecified atom stereocenters. The van der Waals surface area contributed by atoms with Crippen LogP contribution in [0.1, 0.15) is 69.1 Å². The largest absolute Gasteiger partial charge is 0.490 e. The van der Waals surface area contributed by atoms with Gasteiger partial charge in [0.1, 0.15) is 19.0 Å². The maximum Gasteiger partial charge on any atom is 0.333 e. The minimum Gasteiger partial charge on any atom is -0.490 e. The molecular formula is C34H40O4. The zero-order valence-corrected chi connectivity index (χ0v) is 23.0. The Kier molecular flexibility index (Phi) is 9.41. The molecule has 0 spiro atoms. The van der Waals surface area contributed by atoms with E-state index in [4.69, 9.17) is 9.47 Å². The first kappa shape index (κ1) is 27.7. The summed E-state index contributed by atoms with van der Waals surface area (Å²) in [5, 5.41) is 9.80. The van der Waals surface area contributed by atoms with Gasteiger partial charge in [-0.2, -0.15) is 0 Å². The number of aryl methyl sites for hydroxylation is 1. The summed E-state index contributed by atoms with van der Waals surface area (Å²) in [6.07, 6.45) is 6.17. The van der Waals surface area contributed by atoms with E-state index in [0.29, 0.717) is 22.8 Å². The van der Waals surface area contributed by atoms with Crippen molar-refractivity contribution in [1.82, 2.24) is 0 Å². The zero-order valence-electron chi connectivity index (χ0n) is 23.0. The number of hydrogen-bond donors (Lipinski definition) is 1. The fraction of sp³-hybridized carbons (Fsp3) is 0.382. The summed E-state index contributed by atoms with van der Waals surface area (Å²) in [5.74, 6) is 1.72. The summed E-state index contributed by atoms with van der Waals surface area (Å²) in [6, 6.07) is 21.7. The van der Waals surface area contributed by atoms with Gasteiger partial charge in [-0.3, -0.25) is 0 Å². The molecule has 4 heteroatoms. The van der Waals surface area contributed by atoms with Gasteiger partial charge in [0.05, 0.1) is 6.61 Å². The minimum absolute atomic E-state index is 0.119. The van der Waals surface area contributed by atoms with Gasteiger partial charge in [-0.15, -0.1) is 0 Å². The van der Waals surface area contributed by atoms with Crippen LogP contribution in [0, 0.1) is 5.92 Å². The van der Waals surface area contributed by atoms with Crippen LogP contribution in [0.15, 0.2) is 72.8 Å². The van der Waals surface area contributed by atoms with Gasteiger partial charge in [0.25, 0.3) is 0 Å². The van der Waals surface area contributed by atoms with Gasteiger partial charge in [0, 0.05) is 11.1 Å². The molecule has 1 fully saturated rings. The predicted octanol–water partition coefficient (Wildman–Crippen LogP) is 7.87. The highest BCUT2D eigenvalue weighted by Crippen LogP contribution is 2.37. The molecular weight excluding hydrogens is 472 g/mol. The SMILES string of the molecule is C=C(C)C(=O)OCCOc1cc(-c2ccc(-c3ccc(C4CCC(C)CC4)cc3)cc2CC)ccc1CO. The van der Waals surface area contributed by atoms with Crippen molar-refractivity contribution in [3.05, 3.63) is 89.5 Å². The van der Waals surface area contributed by atoms with Crippen molar-refractivity contribution in [1.29, 1.82) is 0 Å². The summed E-state index contributed by atoms with van der Waals surface area (Å²) in [5.41, 5.74) is 8.41. The van der Waals surface area contributed by atoms with Crippen molar-refractivity contribution in [3.63, 3.8) is 0 Å². The standard InChI is InChI=1S/C34H40O4/c1-5-25-20-29(28-12-10-27(11-13-28)26-8-6-24(4)7-9-26)16-17-32(25)30-14-15-31(22-35)33(21-30)37-18-19-38-34(36)23(2)3/h10-17,20-21,24,26,35H,2,5-9,18-19,22H2,1,3-4H3. The van der Waals surface area contributed by atoms with E-state index in [1.807, 2.05) is 18.2 Å². The molecule has 3 aromatic rings. The number of esters is 1. The van der Waals surface area contributed by atoms with Crippen LogP contribution < -0.4 is 4.74 Å². The molecule has 4 rings (SSSR count). The highest BCUT2D eigenvalue weighted by Gasteiger charge is 2.19. The summed E-state index contributed by atoms with van der Waals surface area (Å²) in [7, 11) is 0. The van der Waals surface area contributed by atoms with Crippen molar-refractivity contribution in [2.75, 3.05) is 13.2 Å². The third-order valence-corrected chi connectivity index (χ3v) is 7.69. The van der Waals surface area contributed by atoms with Gasteiger partial charge in [-0.1, -0.05) is 87.9 Å². The molecule has 0 radical (unpaired) electrons. The molecule has 0 aromatic heterocycles. The van der Waals surface area contributed by atoms with Gasteiger partial charge in [-0.25, -0.2) is 4.79 Å². The van der Waals surface area contributed by atoms with Gasteiger partial charge in [0.15, 0.2) is 0 Å². The molecule has 1 N–H and O–H groups in total. The van der Waals surface area contributed by atoms with E-state index in [2.05, 4.69) is 62.9 Å². The van der Waals surface area contributed by atoms with Gasteiger partial charge >= 0.3 is 5.97 Å². The van der Waals surface area contributed by atoms with Crippen molar-refractivity contribution in [2.24, 2.45) is 5.92 Å². The second-order valence-electron chi connectivity index (χ2n) is 10.5. The van der Waals surface area contributed by atoms with Gasteiger partial charge in [0.2, 0.25) is 0 Å². The lowest BCUT2D eigenvalue weighted by Crippen LogP contribution is -2.13. The summed E-state index contributed by atoms with van der Waals surface area (Å²) in [6.45, 7) is 9.93. The highest BCUT2D eigenvalue weighted by molar-refractivity contribution is 5.86. The molecule has 38 heavy (non-hydrogen) atoms. The Hall–Kier alpha value is -3.37. The number of rotatable bonds is 10. The third-order valence-electron chi connectivity index (χ3n) is 7.69. The van der Waals surface area contributed by atoms with Gasteiger partial charge in [-0.05, 0) is 77.5 Å². The van der Waals surface area contributed by atoms with Crippen molar-refractivity contribution >= 4 is 5.97 Å². The fourth-order valence-electron chi connectivity index (χ4n) is 5.28. The lowest BCUT2D eigenvalue weighted by molar-refractivity contribution is -0.139. The lowest BCUT2D eigenvalue weighted by Gasteiger charge is -2.26. The molecule has 0 saturated heterocycles. The van der Waals surface area contributed by atoms with Crippen LogP contribution in [0.2, 0.25) is 0 Å². The molecule has 1 saturated carbocycles. The van der Waals surface area contributed by atoms with Crippen LogP contribution in [-0.4, -0.2) is 24.3 Å². The number of benzene rings is 3. The third kappa shape index (κ3) is 6.73. The molecule has 1 aliphatic rings. The van der Waals surface area contributed by atoms with E-state index in [-0.39, 0.29) is 19.8 Å². The normalized spacial score (nSPS) is 17.2. The van der Waals surface area contributed by atoms with Crippen LogP contribution in [0.4, 0.5) is 0 Å². The van der Waals surface area contributed by atoms with Crippen molar-refractivity contribution < 1.29 is 19.4 Å². The Morgan fingerprint density at radius 1 is 0.895 bits per heavy atom. The zero-order chi connectivity index (χ0) is 27.1. The first-order valence-electron chi connectivity index (χ1n) is 13.8. The number of aliphatic hydroxyl groups excluding tert-OH is 1. The Morgan fingerprint density at radius 2 is 1.58 bits per heavy atom. The number of aliphatic hydroxyl groups is 1.